The first-order chi connectivity index (χ1) is 13.2. The third-order valence-corrected chi connectivity index (χ3v) is 5.06. The van der Waals surface area contributed by atoms with Crippen LogP contribution in [0.5, 0.6) is 5.75 Å². The van der Waals surface area contributed by atoms with Crippen LogP contribution in [0, 0.1) is 0 Å². The molecular weight excluding hydrogens is 364 g/mol. The topological polar surface area (TPSA) is 54.6 Å². The number of methoxy groups -OCH3 is 1. The van der Waals surface area contributed by atoms with Gasteiger partial charge in [-0.05, 0) is 36.4 Å². The number of anilines is 1. The molecule has 0 saturated carbocycles. The summed E-state index contributed by atoms with van der Waals surface area (Å²) in [5.74, 6) is 2.03. The molecule has 1 fully saturated rings. The standard InChI is InChI=1S/C20H21ClN4O2/c1-26-16-8-6-15(7-9-16)20-22-19(23-27-20)14-24-10-12-25(13-11-24)18-5-3-2-4-17(18)21/h2-9H,10-14H2,1H3. The van der Waals surface area contributed by atoms with E-state index in [4.69, 9.17) is 20.9 Å². The zero-order chi connectivity index (χ0) is 18.6. The second-order valence-corrected chi connectivity index (χ2v) is 6.87. The molecule has 0 radical (unpaired) electrons. The van der Waals surface area contributed by atoms with Crippen molar-refractivity contribution in [1.29, 1.82) is 0 Å². The number of aromatic nitrogens is 2. The number of nitrogens with zero attached hydrogens (tertiary/aromatic N) is 4. The predicted molar refractivity (Wildman–Crippen MR) is 105 cm³/mol. The molecule has 1 saturated heterocycles. The van der Waals surface area contributed by atoms with Gasteiger partial charge in [0.15, 0.2) is 5.82 Å². The maximum atomic E-state index is 6.31. The van der Waals surface area contributed by atoms with Crippen molar-refractivity contribution in [3.63, 3.8) is 0 Å². The molecule has 1 aliphatic rings. The largest absolute Gasteiger partial charge is 0.497 e. The first kappa shape index (κ1) is 17.8. The van der Waals surface area contributed by atoms with Crippen LogP contribution in [-0.2, 0) is 6.54 Å². The number of para-hydroxylation sites is 1. The minimum Gasteiger partial charge on any atom is -0.497 e. The second-order valence-electron chi connectivity index (χ2n) is 6.46. The first-order valence-corrected chi connectivity index (χ1v) is 9.29. The fraction of sp³-hybridized carbons (Fsp3) is 0.300. The van der Waals surface area contributed by atoms with E-state index in [0.29, 0.717) is 18.3 Å². The maximum absolute atomic E-state index is 6.31. The summed E-state index contributed by atoms with van der Waals surface area (Å²) in [6.45, 7) is 4.38. The van der Waals surface area contributed by atoms with Crippen LogP contribution in [-0.4, -0.2) is 48.3 Å². The molecule has 0 atom stereocenters. The van der Waals surface area contributed by atoms with E-state index in [1.54, 1.807) is 7.11 Å². The summed E-state index contributed by atoms with van der Waals surface area (Å²) >= 11 is 6.31. The number of benzene rings is 2. The quantitative estimate of drug-likeness (QED) is 0.668. The molecule has 6 nitrogen and oxygen atoms in total. The predicted octanol–water partition coefficient (Wildman–Crippen LogP) is 3.72. The molecule has 0 spiro atoms. The van der Waals surface area contributed by atoms with Gasteiger partial charge in [-0.1, -0.05) is 28.9 Å². The summed E-state index contributed by atoms with van der Waals surface area (Å²) in [5.41, 5.74) is 1.98. The molecule has 3 aromatic rings. The number of halogens is 1. The summed E-state index contributed by atoms with van der Waals surface area (Å²) in [6.07, 6.45) is 0. The van der Waals surface area contributed by atoms with Crippen molar-refractivity contribution >= 4 is 17.3 Å². The van der Waals surface area contributed by atoms with Gasteiger partial charge in [-0.3, -0.25) is 4.90 Å². The van der Waals surface area contributed by atoms with Gasteiger partial charge in [-0.25, -0.2) is 0 Å². The van der Waals surface area contributed by atoms with E-state index in [2.05, 4.69) is 26.0 Å². The molecule has 0 amide bonds. The van der Waals surface area contributed by atoms with Crippen LogP contribution in [0.1, 0.15) is 5.82 Å². The van der Waals surface area contributed by atoms with E-state index in [1.807, 2.05) is 42.5 Å². The van der Waals surface area contributed by atoms with Crippen molar-refractivity contribution in [2.24, 2.45) is 0 Å². The lowest BCUT2D eigenvalue weighted by atomic mass is 10.2. The van der Waals surface area contributed by atoms with Crippen LogP contribution in [0.2, 0.25) is 5.02 Å². The van der Waals surface area contributed by atoms with Gasteiger partial charge < -0.3 is 14.2 Å². The number of piperazine rings is 1. The Bertz CT molecular complexity index is 889. The Labute approximate surface area is 163 Å². The third kappa shape index (κ3) is 4.07. The molecule has 0 bridgehead atoms. The number of rotatable bonds is 5. The van der Waals surface area contributed by atoms with Crippen LogP contribution in [0.25, 0.3) is 11.5 Å². The van der Waals surface area contributed by atoms with E-state index in [9.17, 15) is 0 Å². The van der Waals surface area contributed by atoms with Crippen molar-refractivity contribution < 1.29 is 9.26 Å². The van der Waals surface area contributed by atoms with Gasteiger partial charge in [0.1, 0.15) is 5.75 Å². The molecule has 4 rings (SSSR count). The number of hydrogen-bond donors (Lipinski definition) is 0. The lowest BCUT2D eigenvalue weighted by molar-refractivity contribution is 0.240. The molecule has 1 aliphatic heterocycles. The van der Waals surface area contributed by atoms with Crippen LogP contribution >= 0.6 is 11.6 Å². The Morgan fingerprint density at radius 2 is 1.78 bits per heavy atom. The molecule has 1 aromatic heterocycles. The summed E-state index contributed by atoms with van der Waals surface area (Å²) in [4.78, 5) is 9.17. The van der Waals surface area contributed by atoms with Crippen molar-refractivity contribution in [3.05, 3.63) is 59.4 Å². The van der Waals surface area contributed by atoms with E-state index >= 15 is 0 Å². The Kier molecular flexibility index (Phi) is 5.27. The fourth-order valence-corrected chi connectivity index (χ4v) is 3.48. The Morgan fingerprint density at radius 1 is 1.04 bits per heavy atom. The second kappa shape index (κ2) is 7.98. The average molecular weight is 385 g/mol. The maximum Gasteiger partial charge on any atom is 0.257 e. The van der Waals surface area contributed by atoms with Crippen LogP contribution in [0.4, 0.5) is 5.69 Å². The molecule has 2 heterocycles. The zero-order valence-corrected chi connectivity index (χ0v) is 15.9. The summed E-state index contributed by atoms with van der Waals surface area (Å²) in [7, 11) is 1.64. The highest BCUT2D eigenvalue weighted by Crippen LogP contribution is 2.26. The molecule has 140 valence electrons. The lowest BCUT2D eigenvalue weighted by Crippen LogP contribution is -2.46. The van der Waals surface area contributed by atoms with Crippen LogP contribution in [0.15, 0.2) is 53.1 Å². The number of ether oxygens (including phenoxy) is 1. The van der Waals surface area contributed by atoms with Crippen molar-refractivity contribution in [3.8, 4) is 17.2 Å². The van der Waals surface area contributed by atoms with Gasteiger partial charge in [-0.15, -0.1) is 0 Å². The molecule has 0 aliphatic carbocycles. The zero-order valence-electron chi connectivity index (χ0n) is 15.1. The van der Waals surface area contributed by atoms with E-state index in [0.717, 1.165) is 48.2 Å². The first-order valence-electron chi connectivity index (χ1n) is 8.92. The highest BCUT2D eigenvalue weighted by atomic mass is 35.5. The van der Waals surface area contributed by atoms with Crippen molar-refractivity contribution in [1.82, 2.24) is 15.0 Å². The van der Waals surface area contributed by atoms with Gasteiger partial charge in [-0.2, -0.15) is 4.98 Å². The molecule has 0 N–H and O–H groups in total. The molecule has 0 unspecified atom stereocenters. The highest BCUT2D eigenvalue weighted by Gasteiger charge is 2.20. The van der Waals surface area contributed by atoms with Gasteiger partial charge in [0.2, 0.25) is 0 Å². The van der Waals surface area contributed by atoms with Gasteiger partial charge in [0.25, 0.3) is 5.89 Å². The monoisotopic (exact) mass is 384 g/mol. The minimum absolute atomic E-state index is 0.530. The van der Waals surface area contributed by atoms with E-state index < -0.39 is 0 Å². The van der Waals surface area contributed by atoms with Crippen LogP contribution in [0.3, 0.4) is 0 Å². The van der Waals surface area contributed by atoms with Gasteiger partial charge in [0, 0.05) is 31.7 Å². The fourth-order valence-electron chi connectivity index (χ4n) is 3.22. The SMILES string of the molecule is COc1ccc(-c2nc(CN3CCN(c4ccccc4Cl)CC3)no2)cc1. The highest BCUT2D eigenvalue weighted by molar-refractivity contribution is 6.33. The Hall–Kier alpha value is -2.57. The van der Waals surface area contributed by atoms with E-state index in [-0.39, 0.29) is 0 Å². The number of hydrogen-bond acceptors (Lipinski definition) is 6. The Morgan fingerprint density at radius 3 is 2.48 bits per heavy atom. The third-order valence-electron chi connectivity index (χ3n) is 4.74. The smallest absolute Gasteiger partial charge is 0.257 e. The summed E-state index contributed by atoms with van der Waals surface area (Å²) < 4.78 is 10.6. The molecular formula is C20H21ClN4O2. The van der Waals surface area contributed by atoms with E-state index in [1.165, 1.54) is 0 Å². The molecule has 7 heteroatoms. The summed E-state index contributed by atoms with van der Waals surface area (Å²) in [6, 6.07) is 15.6. The minimum atomic E-state index is 0.530. The van der Waals surface area contributed by atoms with Gasteiger partial charge in [0.05, 0.1) is 24.4 Å². The summed E-state index contributed by atoms with van der Waals surface area (Å²) in [5, 5.41) is 4.93. The van der Waals surface area contributed by atoms with Gasteiger partial charge >= 0.3 is 0 Å². The average Bonchev–Trinajstić information content (AvgIpc) is 3.18. The van der Waals surface area contributed by atoms with Crippen molar-refractivity contribution in [2.45, 2.75) is 6.54 Å². The normalized spacial score (nSPS) is 15.1. The van der Waals surface area contributed by atoms with Crippen molar-refractivity contribution in [2.75, 3.05) is 38.2 Å². The van der Waals surface area contributed by atoms with Crippen LogP contribution < -0.4 is 9.64 Å². The lowest BCUT2D eigenvalue weighted by Gasteiger charge is -2.35. The molecule has 2 aromatic carbocycles. The Balaban J connectivity index is 1.35. The molecule has 27 heavy (non-hydrogen) atoms.